The number of sulfonamides is 1. The number of aryl methyl sites for hydroxylation is 1. The molecule has 0 saturated heterocycles. The largest absolute Gasteiger partial charge is 0.263 e. The zero-order chi connectivity index (χ0) is 15.6. The van der Waals surface area contributed by atoms with Crippen LogP contribution < -0.4 is 4.72 Å². The third-order valence-electron chi connectivity index (χ3n) is 2.89. The highest BCUT2D eigenvalue weighted by Crippen LogP contribution is 2.17. The lowest BCUT2D eigenvalue weighted by molar-refractivity contribution is 0.601. The van der Waals surface area contributed by atoms with E-state index in [-0.39, 0.29) is 10.7 Å². The van der Waals surface area contributed by atoms with Crippen molar-refractivity contribution in [3.63, 3.8) is 0 Å². The van der Waals surface area contributed by atoms with Crippen molar-refractivity contribution in [2.75, 3.05) is 4.72 Å². The first kappa shape index (κ1) is 14.1. The Bertz CT molecular complexity index is 875. The van der Waals surface area contributed by atoms with E-state index in [0.717, 1.165) is 5.56 Å². The molecule has 3 rings (SSSR count). The molecule has 2 heterocycles. The van der Waals surface area contributed by atoms with Crippen LogP contribution in [-0.2, 0) is 10.0 Å². The Labute approximate surface area is 126 Å². The van der Waals surface area contributed by atoms with Crippen molar-refractivity contribution < 1.29 is 8.42 Å². The average molecular weight is 316 g/mol. The van der Waals surface area contributed by atoms with E-state index in [2.05, 4.69) is 25.2 Å². The van der Waals surface area contributed by atoms with Crippen LogP contribution in [0.1, 0.15) is 5.56 Å². The molecule has 0 saturated carbocycles. The molecule has 9 heteroatoms. The summed E-state index contributed by atoms with van der Waals surface area (Å²) in [7, 11) is -3.73. The van der Waals surface area contributed by atoms with Gasteiger partial charge in [0.2, 0.25) is 0 Å². The summed E-state index contributed by atoms with van der Waals surface area (Å²) >= 11 is 0. The first-order chi connectivity index (χ1) is 10.5. The highest BCUT2D eigenvalue weighted by atomic mass is 32.2. The second-order valence-electron chi connectivity index (χ2n) is 4.58. The van der Waals surface area contributed by atoms with Gasteiger partial charge >= 0.3 is 0 Å². The van der Waals surface area contributed by atoms with Crippen molar-refractivity contribution in [1.82, 2.24) is 25.2 Å². The zero-order valence-corrected chi connectivity index (χ0v) is 12.4. The molecule has 0 fully saturated rings. The van der Waals surface area contributed by atoms with Gasteiger partial charge in [-0.25, -0.2) is 18.1 Å². The van der Waals surface area contributed by atoms with Crippen LogP contribution in [0.25, 0.3) is 5.69 Å². The number of nitrogens with one attached hydrogen (secondary N) is 1. The van der Waals surface area contributed by atoms with Gasteiger partial charge in [-0.05, 0) is 47.2 Å². The number of benzene rings is 1. The van der Waals surface area contributed by atoms with Crippen LogP contribution >= 0.6 is 0 Å². The van der Waals surface area contributed by atoms with Crippen molar-refractivity contribution in [1.29, 1.82) is 0 Å². The lowest BCUT2D eigenvalue weighted by Crippen LogP contribution is -2.14. The molecule has 0 aliphatic heterocycles. The lowest BCUT2D eigenvalue weighted by atomic mass is 10.3. The van der Waals surface area contributed by atoms with E-state index >= 15 is 0 Å². The lowest BCUT2D eigenvalue weighted by Gasteiger charge is -2.08. The maximum absolute atomic E-state index is 12.4. The Morgan fingerprint density at radius 1 is 1.18 bits per heavy atom. The minimum Gasteiger partial charge on any atom is -0.263 e. The van der Waals surface area contributed by atoms with Crippen LogP contribution in [0.2, 0.25) is 0 Å². The molecule has 2 aromatic heterocycles. The predicted octanol–water partition coefficient (Wildman–Crippen LogP) is 1.17. The number of hydrogen-bond donors (Lipinski definition) is 1. The third-order valence-corrected chi connectivity index (χ3v) is 4.24. The van der Waals surface area contributed by atoms with Gasteiger partial charge in [0.1, 0.15) is 12.1 Å². The molecule has 0 amide bonds. The van der Waals surface area contributed by atoms with Gasteiger partial charge in [0.05, 0.1) is 10.6 Å². The molecule has 0 atom stereocenters. The first-order valence-corrected chi connectivity index (χ1v) is 7.82. The number of nitrogens with zero attached hydrogens (tertiary/aromatic N) is 5. The molecular formula is C13H12N6O2S. The second-order valence-corrected chi connectivity index (χ2v) is 6.26. The highest BCUT2D eigenvalue weighted by Gasteiger charge is 2.15. The fraction of sp³-hybridized carbons (Fsp3) is 0.0769. The van der Waals surface area contributed by atoms with Crippen LogP contribution in [0.3, 0.4) is 0 Å². The third kappa shape index (κ3) is 2.93. The van der Waals surface area contributed by atoms with E-state index in [1.54, 1.807) is 30.5 Å². The summed E-state index contributed by atoms with van der Waals surface area (Å²) in [5.74, 6) is 0.262. The maximum Gasteiger partial charge on any atom is 0.263 e. The number of aromatic nitrogens is 5. The normalized spacial score (nSPS) is 11.3. The van der Waals surface area contributed by atoms with Gasteiger partial charge in [0.25, 0.3) is 10.0 Å². The first-order valence-electron chi connectivity index (χ1n) is 6.33. The SMILES string of the molecule is Cc1ccc(NS(=O)(=O)c2cccc(-n3cnnn3)c2)nc1. The Hall–Kier alpha value is -2.81. The molecule has 22 heavy (non-hydrogen) atoms. The monoisotopic (exact) mass is 316 g/mol. The van der Waals surface area contributed by atoms with Crippen molar-refractivity contribution in [3.05, 3.63) is 54.5 Å². The fourth-order valence-electron chi connectivity index (χ4n) is 1.80. The van der Waals surface area contributed by atoms with Crippen molar-refractivity contribution in [2.24, 2.45) is 0 Å². The van der Waals surface area contributed by atoms with Crippen LogP contribution in [-0.4, -0.2) is 33.6 Å². The number of pyridine rings is 1. The Balaban J connectivity index is 1.92. The Morgan fingerprint density at radius 2 is 2.05 bits per heavy atom. The molecule has 0 unspecified atom stereocenters. The van der Waals surface area contributed by atoms with Gasteiger partial charge in [-0.3, -0.25) is 4.72 Å². The van der Waals surface area contributed by atoms with Gasteiger partial charge in [-0.15, -0.1) is 5.10 Å². The van der Waals surface area contributed by atoms with Gasteiger partial charge < -0.3 is 0 Å². The van der Waals surface area contributed by atoms with Gasteiger partial charge in [0.15, 0.2) is 0 Å². The standard InChI is InChI=1S/C13H12N6O2S/c1-10-5-6-13(14-8-10)16-22(20,21)12-4-2-3-11(7-12)19-9-15-17-18-19/h2-9H,1H3,(H,14,16). The van der Waals surface area contributed by atoms with Crippen molar-refractivity contribution in [3.8, 4) is 5.69 Å². The molecule has 8 nitrogen and oxygen atoms in total. The molecule has 0 aliphatic rings. The van der Waals surface area contributed by atoms with Gasteiger partial charge in [0, 0.05) is 6.20 Å². The van der Waals surface area contributed by atoms with E-state index in [9.17, 15) is 8.42 Å². The maximum atomic E-state index is 12.4. The number of hydrogen-bond acceptors (Lipinski definition) is 6. The molecule has 1 aromatic carbocycles. The molecule has 0 bridgehead atoms. The highest BCUT2D eigenvalue weighted by molar-refractivity contribution is 7.92. The topological polar surface area (TPSA) is 103 Å². The van der Waals surface area contributed by atoms with E-state index < -0.39 is 10.0 Å². The Morgan fingerprint density at radius 3 is 2.73 bits per heavy atom. The summed E-state index contributed by atoms with van der Waals surface area (Å²) in [6, 6.07) is 9.69. The molecule has 3 aromatic rings. The molecule has 0 aliphatic carbocycles. The quantitative estimate of drug-likeness (QED) is 0.775. The van der Waals surface area contributed by atoms with E-state index in [1.807, 2.05) is 6.92 Å². The van der Waals surface area contributed by atoms with Crippen molar-refractivity contribution >= 4 is 15.8 Å². The number of anilines is 1. The van der Waals surface area contributed by atoms with Crippen LogP contribution in [0.15, 0.2) is 53.8 Å². The zero-order valence-electron chi connectivity index (χ0n) is 11.6. The number of tetrazole rings is 1. The smallest absolute Gasteiger partial charge is 0.263 e. The van der Waals surface area contributed by atoms with E-state index in [1.165, 1.54) is 23.1 Å². The molecule has 112 valence electrons. The second kappa shape index (κ2) is 5.53. The van der Waals surface area contributed by atoms with Gasteiger partial charge in [-0.1, -0.05) is 12.1 Å². The summed E-state index contributed by atoms with van der Waals surface area (Å²) < 4.78 is 28.6. The minimum absolute atomic E-state index is 0.0999. The van der Waals surface area contributed by atoms with Crippen LogP contribution in [0.4, 0.5) is 5.82 Å². The summed E-state index contributed by atoms with van der Waals surface area (Å²) in [5.41, 5.74) is 1.49. The van der Waals surface area contributed by atoms with Crippen LogP contribution in [0.5, 0.6) is 0 Å². The number of rotatable bonds is 4. The minimum atomic E-state index is -3.73. The average Bonchev–Trinajstić information content (AvgIpc) is 3.04. The summed E-state index contributed by atoms with van der Waals surface area (Å²) in [6.45, 7) is 1.88. The van der Waals surface area contributed by atoms with E-state index in [0.29, 0.717) is 5.69 Å². The van der Waals surface area contributed by atoms with Crippen LogP contribution in [0, 0.1) is 6.92 Å². The molecular weight excluding hydrogens is 304 g/mol. The summed E-state index contributed by atoms with van der Waals surface area (Å²) in [4.78, 5) is 4.13. The molecule has 0 spiro atoms. The predicted molar refractivity (Wildman–Crippen MR) is 78.9 cm³/mol. The summed E-state index contributed by atoms with van der Waals surface area (Å²) in [5, 5.41) is 10.8. The van der Waals surface area contributed by atoms with Crippen molar-refractivity contribution in [2.45, 2.75) is 11.8 Å². The Kier molecular flexibility index (Phi) is 3.55. The molecule has 0 radical (unpaired) electrons. The van der Waals surface area contributed by atoms with E-state index in [4.69, 9.17) is 0 Å². The fourth-order valence-corrected chi connectivity index (χ4v) is 2.85. The molecule has 1 N–H and O–H groups in total. The summed E-state index contributed by atoms with van der Waals surface area (Å²) in [6.07, 6.45) is 2.98. The van der Waals surface area contributed by atoms with Gasteiger partial charge in [-0.2, -0.15) is 0 Å².